The number of hydrogen-bond donors (Lipinski definition) is 2. The van der Waals surface area contributed by atoms with Crippen LogP contribution in [0.25, 0.3) is 22.0 Å². The molecule has 3 aromatic rings. The summed E-state index contributed by atoms with van der Waals surface area (Å²) >= 11 is 0. The van der Waals surface area contributed by atoms with E-state index in [1.165, 1.54) is 89.9 Å². The van der Waals surface area contributed by atoms with Gasteiger partial charge in [-0.05, 0) is 73.3 Å². The van der Waals surface area contributed by atoms with E-state index in [9.17, 15) is 0 Å². The first kappa shape index (κ1) is 19.8. The van der Waals surface area contributed by atoms with Crippen molar-refractivity contribution in [3.63, 3.8) is 0 Å². The molecule has 2 aliphatic carbocycles. The maximum absolute atomic E-state index is 8.22. The molecule has 29 heavy (non-hydrogen) atoms. The lowest BCUT2D eigenvalue weighted by atomic mass is 9.81. The molecular weight excluding hydrogens is 354 g/mol. The van der Waals surface area contributed by atoms with Crippen LogP contribution in [-0.2, 0) is 6.42 Å². The molecule has 1 aromatic heterocycles. The van der Waals surface area contributed by atoms with Crippen molar-refractivity contribution in [3.05, 3.63) is 71.6 Å². The molecule has 2 aromatic carbocycles. The highest BCUT2D eigenvalue weighted by Crippen LogP contribution is 2.33. The molecule has 2 aliphatic rings. The summed E-state index contributed by atoms with van der Waals surface area (Å²) in [7, 11) is 0. The van der Waals surface area contributed by atoms with Crippen LogP contribution >= 0.6 is 0 Å². The van der Waals surface area contributed by atoms with Crippen LogP contribution in [0, 0.1) is 12.8 Å². The van der Waals surface area contributed by atoms with E-state index in [0.717, 1.165) is 18.8 Å². The third-order valence-corrected chi connectivity index (χ3v) is 6.71. The van der Waals surface area contributed by atoms with Crippen molar-refractivity contribution in [1.82, 2.24) is 4.98 Å². The number of aliphatic hydroxyl groups is 1. The SMILES string of the molecule is Cc1ccc(-c2c[nH]c3ccccc23)cc1CCCC1CCC1.OC=C1CCC1. The Labute approximate surface area is 174 Å². The second-order valence-electron chi connectivity index (χ2n) is 8.72. The number of hydrogen-bond acceptors (Lipinski definition) is 1. The van der Waals surface area contributed by atoms with Crippen LogP contribution < -0.4 is 0 Å². The Morgan fingerprint density at radius 3 is 2.55 bits per heavy atom. The van der Waals surface area contributed by atoms with E-state index in [1.807, 2.05) is 0 Å². The van der Waals surface area contributed by atoms with Crippen molar-refractivity contribution < 1.29 is 5.11 Å². The smallest absolute Gasteiger partial charge is 0.0783 e. The number of aromatic nitrogens is 1. The zero-order valence-corrected chi connectivity index (χ0v) is 17.6. The number of fused-ring (bicyclic) bond motifs is 1. The van der Waals surface area contributed by atoms with Crippen molar-refractivity contribution in [1.29, 1.82) is 0 Å². The van der Waals surface area contributed by atoms with Gasteiger partial charge in [0, 0.05) is 22.7 Å². The van der Waals surface area contributed by atoms with Gasteiger partial charge in [-0.3, -0.25) is 0 Å². The van der Waals surface area contributed by atoms with Gasteiger partial charge in [-0.25, -0.2) is 0 Å². The van der Waals surface area contributed by atoms with E-state index >= 15 is 0 Å². The van der Waals surface area contributed by atoms with Crippen molar-refractivity contribution in [2.45, 2.75) is 64.7 Å². The van der Waals surface area contributed by atoms with Gasteiger partial charge in [-0.2, -0.15) is 0 Å². The molecule has 2 N–H and O–H groups in total. The summed E-state index contributed by atoms with van der Waals surface area (Å²) in [4.78, 5) is 3.39. The van der Waals surface area contributed by atoms with Gasteiger partial charge in [-0.1, -0.05) is 62.1 Å². The van der Waals surface area contributed by atoms with Crippen molar-refractivity contribution in [3.8, 4) is 11.1 Å². The van der Waals surface area contributed by atoms with Crippen molar-refractivity contribution >= 4 is 10.9 Å². The molecule has 0 amide bonds. The Morgan fingerprint density at radius 2 is 1.90 bits per heavy atom. The Kier molecular flexibility index (Phi) is 6.39. The maximum Gasteiger partial charge on any atom is 0.0783 e. The first-order valence-corrected chi connectivity index (χ1v) is 11.2. The Bertz CT molecular complexity index is 971. The van der Waals surface area contributed by atoms with E-state index in [0.29, 0.717) is 0 Å². The first-order valence-electron chi connectivity index (χ1n) is 11.2. The fourth-order valence-corrected chi connectivity index (χ4v) is 4.29. The third kappa shape index (κ3) is 4.75. The summed E-state index contributed by atoms with van der Waals surface area (Å²) in [5, 5.41) is 9.54. The number of aryl methyl sites for hydroxylation is 2. The van der Waals surface area contributed by atoms with Gasteiger partial charge in [-0.15, -0.1) is 0 Å². The molecule has 2 heteroatoms. The normalized spacial score (nSPS) is 16.0. The van der Waals surface area contributed by atoms with Crippen LogP contribution in [0.5, 0.6) is 0 Å². The molecule has 2 fully saturated rings. The number of para-hydroxylation sites is 1. The molecule has 0 atom stereocenters. The fourth-order valence-electron chi connectivity index (χ4n) is 4.29. The minimum Gasteiger partial charge on any atom is -0.516 e. The summed E-state index contributed by atoms with van der Waals surface area (Å²) in [6.45, 7) is 2.25. The fraction of sp³-hybridized carbons (Fsp3) is 0.407. The van der Waals surface area contributed by atoms with Crippen LogP contribution in [0.15, 0.2) is 60.5 Å². The Hall–Kier alpha value is -2.48. The van der Waals surface area contributed by atoms with Crippen LogP contribution in [0.1, 0.15) is 62.5 Å². The molecule has 0 saturated heterocycles. The van der Waals surface area contributed by atoms with Gasteiger partial charge >= 0.3 is 0 Å². The van der Waals surface area contributed by atoms with Gasteiger partial charge in [0.25, 0.3) is 0 Å². The molecule has 5 rings (SSSR count). The predicted octanol–water partition coefficient (Wildman–Crippen LogP) is 7.88. The number of benzene rings is 2. The molecule has 0 unspecified atom stereocenters. The highest BCUT2D eigenvalue weighted by atomic mass is 16.2. The summed E-state index contributed by atoms with van der Waals surface area (Å²) < 4.78 is 0. The zero-order valence-electron chi connectivity index (χ0n) is 17.6. The van der Waals surface area contributed by atoms with E-state index in [-0.39, 0.29) is 0 Å². The highest BCUT2D eigenvalue weighted by Gasteiger charge is 2.16. The molecular formula is C27H33NO. The number of aromatic amines is 1. The molecule has 2 saturated carbocycles. The van der Waals surface area contributed by atoms with Crippen LogP contribution in [0.4, 0.5) is 0 Å². The average Bonchev–Trinajstić information content (AvgIpc) is 3.09. The monoisotopic (exact) mass is 387 g/mol. The topological polar surface area (TPSA) is 36.0 Å². The number of aliphatic hydroxyl groups excluding tert-OH is 1. The van der Waals surface area contributed by atoms with E-state index in [4.69, 9.17) is 5.11 Å². The quantitative estimate of drug-likeness (QED) is 0.429. The minimum absolute atomic E-state index is 1.02. The minimum atomic E-state index is 1.02. The standard InChI is InChI=1S/C22H25N.C5H8O/c1-16-12-13-19(14-18(16)9-5-8-17-6-4-7-17)21-15-23-22-11-3-2-10-20(21)22;6-4-5-2-1-3-5/h2-3,10-15,17,23H,4-9H2,1H3;4,6H,1-3H2. The third-order valence-electron chi connectivity index (χ3n) is 6.71. The Balaban J connectivity index is 0.000000294. The van der Waals surface area contributed by atoms with Gasteiger partial charge in [0.1, 0.15) is 0 Å². The molecule has 152 valence electrons. The van der Waals surface area contributed by atoms with E-state index in [1.54, 1.807) is 0 Å². The van der Waals surface area contributed by atoms with Crippen molar-refractivity contribution in [2.75, 3.05) is 0 Å². The molecule has 0 radical (unpaired) electrons. The van der Waals surface area contributed by atoms with E-state index < -0.39 is 0 Å². The van der Waals surface area contributed by atoms with Gasteiger partial charge in [0.05, 0.1) is 6.26 Å². The lowest BCUT2D eigenvalue weighted by Gasteiger charge is -2.25. The molecule has 0 bridgehead atoms. The molecule has 2 nitrogen and oxygen atoms in total. The van der Waals surface area contributed by atoms with Gasteiger partial charge in [0.2, 0.25) is 0 Å². The molecule has 0 aliphatic heterocycles. The summed E-state index contributed by atoms with van der Waals surface area (Å²) in [6, 6.07) is 15.5. The van der Waals surface area contributed by atoms with Gasteiger partial charge < -0.3 is 10.1 Å². The lowest BCUT2D eigenvalue weighted by Crippen LogP contribution is -2.10. The second-order valence-corrected chi connectivity index (χ2v) is 8.72. The predicted molar refractivity (Wildman–Crippen MR) is 123 cm³/mol. The molecule has 0 spiro atoms. The Morgan fingerprint density at radius 1 is 1.07 bits per heavy atom. The van der Waals surface area contributed by atoms with Crippen LogP contribution in [-0.4, -0.2) is 10.1 Å². The largest absolute Gasteiger partial charge is 0.516 e. The van der Waals surface area contributed by atoms with Crippen molar-refractivity contribution in [2.24, 2.45) is 5.92 Å². The van der Waals surface area contributed by atoms with Crippen LogP contribution in [0.3, 0.4) is 0 Å². The van der Waals surface area contributed by atoms with Crippen LogP contribution in [0.2, 0.25) is 0 Å². The first-order chi connectivity index (χ1) is 14.2. The number of rotatable bonds is 5. The molecule has 1 heterocycles. The van der Waals surface area contributed by atoms with E-state index in [2.05, 4.69) is 60.6 Å². The van der Waals surface area contributed by atoms with Gasteiger partial charge in [0.15, 0.2) is 0 Å². The highest BCUT2D eigenvalue weighted by molar-refractivity contribution is 5.95. The number of H-pyrrole nitrogens is 1. The average molecular weight is 388 g/mol. The summed E-state index contributed by atoms with van der Waals surface area (Å²) in [5.41, 5.74) is 8.03. The second kappa shape index (κ2) is 9.35. The zero-order chi connectivity index (χ0) is 20.1. The maximum atomic E-state index is 8.22. The lowest BCUT2D eigenvalue weighted by molar-refractivity contribution is 0.290. The summed E-state index contributed by atoms with van der Waals surface area (Å²) in [5.74, 6) is 1.02. The number of nitrogens with one attached hydrogen (secondary N) is 1. The number of allylic oxidation sites excluding steroid dienone is 1. The summed E-state index contributed by atoms with van der Waals surface area (Å²) in [6.07, 6.45) is 15.2.